The molecule has 0 spiro atoms. The van der Waals surface area contributed by atoms with Crippen LogP contribution in [0.2, 0.25) is 0 Å². The summed E-state index contributed by atoms with van der Waals surface area (Å²) < 4.78 is 34.1. The molecule has 0 aromatic heterocycles. The van der Waals surface area contributed by atoms with Crippen LogP contribution in [0.1, 0.15) is 48.5 Å². The molecular weight excluding hydrogens is 391 g/mol. The van der Waals surface area contributed by atoms with Crippen molar-refractivity contribution in [3.8, 4) is 0 Å². The molecule has 0 aliphatic carbocycles. The lowest BCUT2D eigenvalue weighted by molar-refractivity contribution is -0.138. The van der Waals surface area contributed by atoms with Crippen LogP contribution in [-0.2, 0) is 32.7 Å². The summed E-state index contributed by atoms with van der Waals surface area (Å²) in [6.07, 6.45) is -0.920. The molecule has 1 atom stereocenters. The number of rotatable bonds is 7. The highest BCUT2D eigenvalue weighted by Gasteiger charge is 2.64. The molecular formula is C17H29N2O8P. The van der Waals surface area contributed by atoms with Gasteiger partial charge in [0.1, 0.15) is 5.60 Å². The Kier molecular flexibility index (Phi) is 7.44. The molecule has 160 valence electrons. The van der Waals surface area contributed by atoms with E-state index in [1.165, 1.54) is 13.8 Å². The van der Waals surface area contributed by atoms with Gasteiger partial charge in [-0.15, -0.1) is 0 Å². The molecule has 0 saturated heterocycles. The molecule has 1 aliphatic heterocycles. The second-order valence-corrected chi connectivity index (χ2v) is 9.52. The van der Waals surface area contributed by atoms with Gasteiger partial charge in [0, 0.05) is 0 Å². The van der Waals surface area contributed by atoms with Crippen LogP contribution in [0.15, 0.2) is 11.3 Å². The van der Waals surface area contributed by atoms with E-state index >= 15 is 0 Å². The van der Waals surface area contributed by atoms with Crippen molar-refractivity contribution >= 4 is 25.6 Å². The molecule has 0 aromatic rings. The molecule has 0 radical (unpaired) electrons. The topological polar surface area (TPSA) is 120 Å². The number of carbonyl (C=O) groups excluding carboxylic acids is 3. The van der Waals surface area contributed by atoms with E-state index in [1.807, 2.05) is 0 Å². The van der Waals surface area contributed by atoms with Crippen LogP contribution in [0.25, 0.3) is 0 Å². The molecule has 1 aliphatic rings. The van der Waals surface area contributed by atoms with Gasteiger partial charge in [0.25, 0.3) is 5.91 Å². The summed E-state index contributed by atoms with van der Waals surface area (Å²) in [5.74, 6) is -1.75. The molecule has 28 heavy (non-hydrogen) atoms. The van der Waals surface area contributed by atoms with E-state index in [-0.39, 0.29) is 24.5 Å². The number of ether oxygens (including phenoxy) is 2. The Labute approximate surface area is 165 Å². The van der Waals surface area contributed by atoms with E-state index in [0.717, 1.165) is 12.1 Å². The first kappa shape index (κ1) is 24.1. The van der Waals surface area contributed by atoms with Gasteiger partial charge >= 0.3 is 19.7 Å². The fourth-order valence-electron chi connectivity index (χ4n) is 2.81. The molecule has 11 heteroatoms. The van der Waals surface area contributed by atoms with Crippen LogP contribution >= 0.6 is 7.60 Å². The number of nitrogens with one attached hydrogen (secondary N) is 1. The van der Waals surface area contributed by atoms with Gasteiger partial charge in [-0.2, -0.15) is 0 Å². The summed E-state index contributed by atoms with van der Waals surface area (Å²) in [7, 11) is -3.03. The molecule has 1 heterocycles. The van der Waals surface area contributed by atoms with Crippen molar-refractivity contribution in [1.82, 2.24) is 10.4 Å². The maximum Gasteiger partial charge on any atom is 0.427 e. The first-order valence-electron chi connectivity index (χ1n) is 8.82. The van der Waals surface area contributed by atoms with E-state index in [1.54, 1.807) is 34.6 Å². The molecule has 1 N–H and O–H groups in total. The number of esters is 1. The summed E-state index contributed by atoms with van der Waals surface area (Å²) in [4.78, 5) is 37.9. The van der Waals surface area contributed by atoms with Crippen molar-refractivity contribution in [3.05, 3.63) is 11.3 Å². The zero-order valence-corrected chi connectivity index (χ0v) is 18.5. The number of allylic oxidation sites excluding steroid dienone is 1. The third kappa shape index (κ3) is 4.39. The average molecular weight is 420 g/mol. The van der Waals surface area contributed by atoms with Crippen LogP contribution in [-0.4, -0.2) is 54.1 Å². The predicted molar refractivity (Wildman–Crippen MR) is 100 cm³/mol. The van der Waals surface area contributed by atoms with Gasteiger partial charge in [-0.25, -0.2) is 20.0 Å². The van der Waals surface area contributed by atoms with Crippen LogP contribution < -0.4 is 5.43 Å². The summed E-state index contributed by atoms with van der Waals surface area (Å²) >= 11 is 0. The van der Waals surface area contributed by atoms with Gasteiger partial charge < -0.3 is 18.5 Å². The lowest BCUT2D eigenvalue weighted by Crippen LogP contribution is -2.50. The minimum absolute atomic E-state index is 0.0207. The summed E-state index contributed by atoms with van der Waals surface area (Å²) in [5.41, 5.74) is 1.28. The maximum atomic E-state index is 13.5. The highest BCUT2D eigenvalue weighted by atomic mass is 31.2. The Morgan fingerprint density at radius 2 is 1.68 bits per heavy atom. The van der Waals surface area contributed by atoms with Gasteiger partial charge in [0.2, 0.25) is 0 Å². The van der Waals surface area contributed by atoms with Gasteiger partial charge in [-0.3, -0.25) is 9.36 Å². The van der Waals surface area contributed by atoms with E-state index in [2.05, 4.69) is 5.43 Å². The molecule has 0 bridgehead atoms. The number of hydrogen-bond acceptors (Lipinski definition) is 8. The lowest BCUT2D eigenvalue weighted by atomic mass is 10.0. The van der Waals surface area contributed by atoms with Crippen LogP contribution in [0.3, 0.4) is 0 Å². The highest BCUT2D eigenvalue weighted by molar-refractivity contribution is 7.57. The Balaban J connectivity index is 3.50. The number of hydrazine groups is 1. The van der Waals surface area contributed by atoms with Crippen LogP contribution in [0, 0.1) is 0 Å². The predicted octanol–water partition coefficient (Wildman–Crippen LogP) is 2.74. The Morgan fingerprint density at radius 1 is 1.18 bits per heavy atom. The van der Waals surface area contributed by atoms with Gasteiger partial charge in [-0.05, 0) is 48.5 Å². The zero-order valence-electron chi connectivity index (χ0n) is 17.6. The number of amides is 2. The van der Waals surface area contributed by atoms with Crippen molar-refractivity contribution in [2.75, 3.05) is 20.3 Å². The molecule has 1 rings (SSSR count). The number of carbonyl (C=O) groups is 3. The van der Waals surface area contributed by atoms with Crippen molar-refractivity contribution in [3.63, 3.8) is 0 Å². The molecule has 1 unspecified atom stereocenters. The third-order valence-electron chi connectivity index (χ3n) is 3.94. The fourth-order valence-corrected chi connectivity index (χ4v) is 4.94. The molecule has 0 saturated carbocycles. The fraction of sp³-hybridized carbons (Fsp3) is 0.706. The SMILES string of the molecule is CCOP(=O)(OCC)C1(C)C(=O)N(NC(=O)OC(C)(C)C)C(C)=C1C(=O)OC. The first-order chi connectivity index (χ1) is 12.8. The smallest absolute Gasteiger partial charge is 0.427 e. The van der Waals surface area contributed by atoms with Crippen LogP contribution in [0.4, 0.5) is 4.79 Å². The molecule has 10 nitrogen and oxygen atoms in total. The van der Waals surface area contributed by atoms with Gasteiger partial charge in [-0.1, -0.05) is 0 Å². The quantitative estimate of drug-likeness (QED) is 0.493. The third-order valence-corrected chi connectivity index (χ3v) is 6.65. The van der Waals surface area contributed by atoms with Crippen molar-refractivity contribution < 1.29 is 37.5 Å². The van der Waals surface area contributed by atoms with E-state index < -0.39 is 36.3 Å². The minimum Gasteiger partial charge on any atom is -0.466 e. The monoisotopic (exact) mass is 420 g/mol. The van der Waals surface area contributed by atoms with E-state index in [0.29, 0.717) is 0 Å². The molecule has 0 aromatic carbocycles. The Bertz CT molecular complexity index is 717. The van der Waals surface area contributed by atoms with Crippen molar-refractivity contribution in [1.29, 1.82) is 0 Å². The zero-order chi connectivity index (χ0) is 21.9. The lowest BCUT2D eigenvalue weighted by Gasteiger charge is -2.32. The first-order valence-corrected chi connectivity index (χ1v) is 10.4. The maximum absolute atomic E-state index is 13.5. The summed E-state index contributed by atoms with van der Waals surface area (Å²) in [6, 6.07) is 0. The second kappa shape index (κ2) is 8.63. The standard InChI is InChI=1S/C17H29N2O8P/c1-9-25-28(23,26-10-2)17(7)12(13(20)24-8)11(3)19(14(17)21)18-15(22)27-16(4,5)6/h9-10H2,1-8H3,(H,18,22). The largest absolute Gasteiger partial charge is 0.466 e. The molecule has 2 amide bonds. The number of methoxy groups -OCH3 is 1. The van der Waals surface area contributed by atoms with Crippen LogP contribution in [0.5, 0.6) is 0 Å². The second-order valence-electron chi connectivity index (χ2n) is 7.11. The summed E-state index contributed by atoms with van der Waals surface area (Å²) in [5, 5.41) is -1.20. The Hall–Kier alpha value is -1.90. The van der Waals surface area contributed by atoms with Gasteiger partial charge in [0.05, 0.1) is 31.6 Å². The normalized spacial score (nSPS) is 20.4. The van der Waals surface area contributed by atoms with E-state index in [9.17, 15) is 18.9 Å². The average Bonchev–Trinajstić information content (AvgIpc) is 2.75. The Morgan fingerprint density at radius 3 is 2.07 bits per heavy atom. The van der Waals surface area contributed by atoms with E-state index in [4.69, 9.17) is 18.5 Å². The van der Waals surface area contributed by atoms with Crippen molar-refractivity contribution in [2.45, 2.75) is 59.2 Å². The van der Waals surface area contributed by atoms with Gasteiger partial charge in [0.15, 0.2) is 5.16 Å². The number of hydrogen-bond donors (Lipinski definition) is 1. The minimum atomic E-state index is -4.16. The highest BCUT2D eigenvalue weighted by Crippen LogP contribution is 2.65. The molecule has 0 fully saturated rings. The number of nitrogens with zero attached hydrogens (tertiary/aromatic N) is 1. The summed E-state index contributed by atoms with van der Waals surface area (Å²) in [6.45, 7) is 10.8. The van der Waals surface area contributed by atoms with Crippen molar-refractivity contribution in [2.24, 2.45) is 0 Å².